The van der Waals surface area contributed by atoms with E-state index >= 15 is 0 Å². The van der Waals surface area contributed by atoms with Crippen molar-refractivity contribution in [2.24, 2.45) is 17.6 Å². The number of pyridine rings is 1. The van der Waals surface area contributed by atoms with E-state index in [0.29, 0.717) is 40.5 Å². The van der Waals surface area contributed by atoms with Crippen molar-refractivity contribution < 1.29 is 13.9 Å². The molecule has 1 aliphatic heterocycles. The lowest BCUT2D eigenvalue weighted by atomic mass is 9.66. The van der Waals surface area contributed by atoms with E-state index in [0.717, 1.165) is 42.2 Å². The molecule has 2 aliphatic rings. The fraction of sp³-hybridized carbons (Fsp3) is 0.375. The minimum Gasteiger partial charge on any atom is -0.495 e. The van der Waals surface area contributed by atoms with Crippen LogP contribution in [-0.2, 0) is 0 Å². The molecule has 4 N–H and O–H groups in total. The van der Waals surface area contributed by atoms with E-state index in [1.165, 1.54) is 12.1 Å². The molecule has 0 radical (unpaired) electrons. The Bertz CT molecular complexity index is 1390. The number of aromatic amines is 1. The molecule has 4 aromatic rings. The van der Waals surface area contributed by atoms with Gasteiger partial charge in [0.1, 0.15) is 23.0 Å². The van der Waals surface area contributed by atoms with Gasteiger partial charge in [0.25, 0.3) is 0 Å². The van der Waals surface area contributed by atoms with E-state index in [1.807, 2.05) is 0 Å². The second kappa shape index (κ2) is 7.98. The Balaban J connectivity index is 1.51. The van der Waals surface area contributed by atoms with Crippen LogP contribution in [0.5, 0.6) is 17.5 Å². The minimum absolute atomic E-state index is 0.177. The Labute approximate surface area is 195 Å². The molecule has 1 aliphatic carbocycles. The summed E-state index contributed by atoms with van der Waals surface area (Å²) < 4.78 is 25.7. The standard InChI is InChI=1S/C24H26FN7O2/c1-27-19-7-13(25)6-16-20-22(29-21(16)19)30-24(34-15-8-14(33-2)9-28-10-15)31-23(20)32-4-3-12-5-18(26)17(12)11-32/h6-10,12,17-18,27H,3-5,11,26H2,1-2H3,(H,29,30,31). The second-order valence-corrected chi connectivity index (χ2v) is 9.03. The SMILES string of the molecule is CNc1cc(F)cc2c1[nH]c1nc(Oc3cncc(OC)c3)nc(N3CCC4CC(N)C4C3)c12. The Morgan fingerprint density at radius 1 is 1.21 bits per heavy atom. The molecule has 9 nitrogen and oxygen atoms in total. The minimum atomic E-state index is -0.328. The predicted octanol–water partition coefficient (Wildman–Crippen LogP) is 3.66. The number of benzene rings is 1. The van der Waals surface area contributed by atoms with E-state index < -0.39 is 0 Å². The number of nitrogens with two attached hydrogens (primary N) is 1. The molecule has 176 valence electrons. The third-order valence-corrected chi connectivity index (χ3v) is 7.12. The van der Waals surface area contributed by atoms with Crippen LogP contribution in [0.15, 0.2) is 30.6 Å². The van der Waals surface area contributed by atoms with E-state index in [1.54, 1.807) is 32.6 Å². The molecule has 0 spiro atoms. The summed E-state index contributed by atoms with van der Waals surface area (Å²) in [4.78, 5) is 19.2. The van der Waals surface area contributed by atoms with Crippen molar-refractivity contribution in [3.63, 3.8) is 0 Å². The molecule has 2 fully saturated rings. The largest absolute Gasteiger partial charge is 0.495 e. The second-order valence-electron chi connectivity index (χ2n) is 9.03. The fourth-order valence-corrected chi connectivity index (χ4v) is 5.30. The van der Waals surface area contributed by atoms with Gasteiger partial charge in [-0.3, -0.25) is 4.98 Å². The van der Waals surface area contributed by atoms with Crippen LogP contribution in [0.25, 0.3) is 21.9 Å². The summed E-state index contributed by atoms with van der Waals surface area (Å²) in [7, 11) is 3.33. The topological polar surface area (TPSA) is 114 Å². The average Bonchev–Trinajstić information content (AvgIpc) is 3.20. The first-order chi connectivity index (χ1) is 16.5. The molecular weight excluding hydrogens is 437 g/mol. The quantitative estimate of drug-likeness (QED) is 0.411. The van der Waals surface area contributed by atoms with Gasteiger partial charge in [0.15, 0.2) is 5.75 Å². The lowest BCUT2D eigenvalue weighted by Gasteiger charge is -2.50. The third-order valence-electron chi connectivity index (χ3n) is 7.12. The molecule has 3 unspecified atom stereocenters. The number of nitrogens with one attached hydrogen (secondary N) is 2. The number of piperidine rings is 1. The zero-order chi connectivity index (χ0) is 23.4. The number of aromatic nitrogens is 4. The van der Waals surface area contributed by atoms with Gasteiger partial charge in [-0.15, -0.1) is 0 Å². The van der Waals surface area contributed by atoms with Gasteiger partial charge in [-0.25, -0.2) is 4.39 Å². The maximum absolute atomic E-state index is 14.5. The highest BCUT2D eigenvalue weighted by Crippen LogP contribution is 2.43. The molecule has 6 rings (SSSR count). The lowest BCUT2D eigenvalue weighted by Crippen LogP contribution is -2.57. The summed E-state index contributed by atoms with van der Waals surface area (Å²) in [5, 5.41) is 4.56. The van der Waals surface area contributed by atoms with Crippen LogP contribution in [0, 0.1) is 17.7 Å². The van der Waals surface area contributed by atoms with Crippen molar-refractivity contribution in [2.75, 3.05) is 37.5 Å². The normalized spacial score (nSPS) is 21.9. The van der Waals surface area contributed by atoms with Gasteiger partial charge in [0.2, 0.25) is 0 Å². The molecule has 1 aromatic carbocycles. The van der Waals surface area contributed by atoms with Gasteiger partial charge in [0, 0.05) is 37.6 Å². The van der Waals surface area contributed by atoms with Crippen LogP contribution in [-0.4, -0.2) is 53.2 Å². The first-order valence-corrected chi connectivity index (χ1v) is 11.4. The number of hydrogen-bond acceptors (Lipinski definition) is 8. The molecule has 1 saturated heterocycles. The Morgan fingerprint density at radius 3 is 2.85 bits per heavy atom. The van der Waals surface area contributed by atoms with Crippen molar-refractivity contribution >= 4 is 33.4 Å². The highest BCUT2D eigenvalue weighted by molar-refractivity contribution is 6.14. The summed E-state index contributed by atoms with van der Waals surface area (Å²) in [6.07, 6.45) is 5.31. The van der Waals surface area contributed by atoms with Crippen LogP contribution < -0.4 is 25.4 Å². The maximum Gasteiger partial charge on any atom is 0.326 e. The molecule has 0 bridgehead atoms. The van der Waals surface area contributed by atoms with E-state index in [9.17, 15) is 4.39 Å². The van der Waals surface area contributed by atoms with Crippen molar-refractivity contribution in [1.82, 2.24) is 19.9 Å². The number of rotatable bonds is 5. The fourth-order valence-electron chi connectivity index (χ4n) is 5.30. The molecule has 10 heteroatoms. The summed E-state index contributed by atoms with van der Waals surface area (Å²) in [5.41, 5.74) is 8.30. The molecule has 0 amide bonds. The van der Waals surface area contributed by atoms with Crippen molar-refractivity contribution in [1.29, 1.82) is 0 Å². The van der Waals surface area contributed by atoms with Gasteiger partial charge in [-0.2, -0.15) is 9.97 Å². The van der Waals surface area contributed by atoms with E-state index in [-0.39, 0.29) is 17.9 Å². The van der Waals surface area contributed by atoms with Crippen LogP contribution >= 0.6 is 0 Å². The van der Waals surface area contributed by atoms with E-state index in [2.05, 4.69) is 25.2 Å². The molecular formula is C24H26FN7O2. The summed E-state index contributed by atoms with van der Waals surface area (Å²) in [6, 6.07) is 5.09. The first-order valence-electron chi connectivity index (χ1n) is 11.4. The van der Waals surface area contributed by atoms with Crippen molar-refractivity contribution in [2.45, 2.75) is 18.9 Å². The van der Waals surface area contributed by atoms with Gasteiger partial charge in [-0.05, 0) is 36.8 Å². The van der Waals surface area contributed by atoms with Crippen LogP contribution in [0.4, 0.5) is 15.9 Å². The Morgan fingerprint density at radius 2 is 2.06 bits per heavy atom. The van der Waals surface area contributed by atoms with Crippen LogP contribution in [0.2, 0.25) is 0 Å². The predicted molar refractivity (Wildman–Crippen MR) is 128 cm³/mol. The monoisotopic (exact) mass is 463 g/mol. The molecule has 3 atom stereocenters. The van der Waals surface area contributed by atoms with Crippen LogP contribution in [0.1, 0.15) is 12.8 Å². The van der Waals surface area contributed by atoms with Gasteiger partial charge >= 0.3 is 6.01 Å². The summed E-state index contributed by atoms with van der Waals surface area (Å²) in [6.45, 7) is 1.65. The maximum atomic E-state index is 14.5. The number of hydrogen-bond donors (Lipinski definition) is 3. The summed E-state index contributed by atoms with van der Waals surface area (Å²) >= 11 is 0. The number of nitrogens with zero attached hydrogens (tertiary/aromatic N) is 4. The first kappa shape index (κ1) is 20.9. The van der Waals surface area contributed by atoms with Crippen LogP contribution in [0.3, 0.4) is 0 Å². The zero-order valence-corrected chi connectivity index (χ0v) is 19.0. The molecule has 34 heavy (non-hydrogen) atoms. The Hall–Kier alpha value is -3.66. The van der Waals surface area contributed by atoms with Crippen molar-refractivity contribution in [3.8, 4) is 17.5 Å². The number of halogens is 1. The highest BCUT2D eigenvalue weighted by atomic mass is 19.1. The highest BCUT2D eigenvalue weighted by Gasteiger charge is 2.43. The molecule has 1 saturated carbocycles. The molecule has 3 aromatic heterocycles. The summed E-state index contributed by atoms with van der Waals surface area (Å²) in [5.74, 6) is 2.51. The number of methoxy groups -OCH3 is 1. The number of H-pyrrole nitrogens is 1. The number of fused-ring (bicyclic) bond motifs is 4. The number of ether oxygens (including phenoxy) is 2. The third kappa shape index (κ3) is 3.37. The van der Waals surface area contributed by atoms with Gasteiger partial charge in [-0.1, -0.05) is 0 Å². The van der Waals surface area contributed by atoms with Gasteiger partial charge < -0.3 is 30.4 Å². The van der Waals surface area contributed by atoms with E-state index in [4.69, 9.17) is 20.2 Å². The van der Waals surface area contributed by atoms with Gasteiger partial charge in [0.05, 0.1) is 36.1 Å². The zero-order valence-electron chi connectivity index (χ0n) is 19.0. The molecule has 4 heterocycles. The lowest BCUT2D eigenvalue weighted by molar-refractivity contribution is 0.110. The Kier molecular flexibility index (Phi) is 4.91. The van der Waals surface area contributed by atoms with Crippen molar-refractivity contribution in [3.05, 3.63) is 36.4 Å². The number of anilines is 2. The smallest absolute Gasteiger partial charge is 0.326 e. The average molecular weight is 464 g/mol.